The molecule has 0 unspecified atom stereocenters. The molecule has 0 fully saturated rings. The molecule has 0 aliphatic heterocycles. The molecule has 0 saturated heterocycles. The summed E-state index contributed by atoms with van der Waals surface area (Å²) in [5, 5.41) is 2.98. The molecule has 2 aromatic rings. The zero-order valence-electron chi connectivity index (χ0n) is 16.4. The second-order valence-electron chi connectivity index (χ2n) is 7.94. The fourth-order valence-electron chi connectivity index (χ4n) is 4.60. The molecule has 0 N–H and O–H groups in total. The molecule has 0 amide bonds. The molecule has 0 aromatic heterocycles. The Morgan fingerprint density at radius 2 is 1.32 bits per heavy atom. The molecule has 0 spiro atoms. The van der Waals surface area contributed by atoms with Crippen LogP contribution in [0.5, 0.6) is 0 Å². The Hall–Kier alpha value is -0.761. The molecule has 2 aromatic carbocycles. The summed E-state index contributed by atoms with van der Waals surface area (Å²) in [5.41, 5.74) is 2.91. The Kier molecular flexibility index (Phi) is 6.66. The van der Waals surface area contributed by atoms with E-state index in [2.05, 4.69) is 63.3 Å². The third kappa shape index (κ3) is 3.99. The first-order valence-electron chi connectivity index (χ1n) is 10.5. The van der Waals surface area contributed by atoms with E-state index in [4.69, 9.17) is 0 Å². The average Bonchev–Trinajstić information content (AvgIpc) is 3.06. The first-order valence-corrected chi connectivity index (χ1v) is 18.0. The minimum atomic E-state index is -2.32. The van der Waals surface area contributed by atoms with Gasteiger partial charge in [0.15, 0.2) is 0 Å². The SMILES string of the molecule is CCC[CH2][Sn]([CH2]CCC)([CH2]CCC)[c]1cc2c3c(cccc3c1)C=C2. The van der Waals surface area contributed by atoms with Gasteiger partial charge in [0.2, 0.25) is 0 Å². The van der Waals surface area contributed by atoms with Crippen LogP contribution in [0.2, 0.25) is 13.3 Å². The second kappa shape index (κ2) is 8.75. The monoisotopic (exact) mass is 442 g/mol. The van der Waals surface area contributed by atoms with Crippen molar-refractivity contribution in [3.63, 3.8) is 0 Å². The van der Waals surface area contributed by atoms with E-state index >= 15 is 0 Å². The molecule has 134 valence electrons. The molecule has 1 aliphatic carbocycles. The van der Waals surface area contributed by atoms with Gasteiger partial charge in [0.05, 0.1) is 0 Å². The number of rotatable bonds is 10. The van der Waals surface area contributed by atoms with E-state index < -0.39 is 18.4 Å². The fraction of sp³-hybridized carbons (Fsp3) is 0.500. The Labute approximate surface area is 158 Å². The quantitative estimate of drug-likeness (QED) is 0.288. The van der Waals surface area contributed by atoms with Crippen LogP contribution < -0.4 is 3.58 Å². The summed E-state index contributed by atoms with van der Waals surface area (Å²) in [7, 11) is 0. The van der Waals surface area contributed by atoms with Crippen molar-refractivity contribution in [3.8, 4) is 0 Å². The summed E-state index contributed by atoms with van der Waals surface area (Å²) in [6.07, 6.45) is 13.0. The molecule has 1 aliphatic rings. The number of hydrogen-bond acceptors (Lipinski definition) is 0. The third-order valence-electron chi connectivity index (χ3n) is 6.12. The van der Waals surface area contributed by atoms with Gasteiger partial charge in [0, 0.05) is 0 Å². The first-order chi connectivity index (χ1) is 12.2. The van der Waals surface area contributed by atoms with Crippen LogP contribution in [-0.2, 0) is 0 Å². The zero-order chi connectivity index (χ0) is 17.7. The Morgan fingerprint density at radius 3 is 1.92 bits per heavy atom. The predicted molar refractivity (Wildman–Crippen MR) is 117 cm³/mol. The van der Waals surface area contributed by atoms with Gasteiger partial charge in [-0.05, 0) is 0 Å². The molecular weight excluding hydrogens is 407 g/mol. The van der Waals surface area contributed by atoms with Gasteiger partial charge >= 0.3 is 159 Å². The van der Waals surface area contributed by atoms with Crippen LogP contribution in [0.4, 0.5) is 0 Å². The third-order valence-corrected chi connectivity index (χ3v) is 21.7. The van der Waals surface area contributed by atoms with Crippen LogP contribution in [0.3, 0.4) is 0 Å². The molecule has 0 saturated carbocycles. The van der Waals surface area contributed by atoms with Gasteiger partial charge in [0.25, 0.3) is 0 Å². The van der Waals surface area contributed by atoms with Crippen molar-refractivity contribution in [2.45, 2.75) is 72.6 Å². The van der Waals surface area contributed by atoms with Crippen molar-refractivity contribution in [1.82, 2.24) is 0 Å². The number of benzene rings is 2. The summed E-state index contributed by atoms with van der Waals surface area (Å²) in [4.78, 5) is 0. The molecule has 3 rings (SSSR count). The van der Waals surface area contributed by atoms with Crippen LogP contribution in [-0.4, -0.2) is 18.4 Å². The van der Waals surface area contributed by atoms with Crippen molar-refractivity contribution in [2.24, 2.45) is 0 Å². The van der Waals surface area contributed by atoms with Gasteiger partial charge in [-0.25, -0.2) is 0 Å². The normalized spacial score (nSPS) is 13.1. The number of unbranched alkanes of at least 4 members (excludes halogenated alkanes) is 3. The second-order valence-corrected chi connectivity index (χ2v) is 21.2. The van der Waals surface area contributed by atoms with Crippen LogP contribution in [0.15, 0.2) is 30.3 Å². The number of hydrogen-bond donors (Lipinski definition) is 0. The molecule has 0 nitrogen and oxygen atoms in total. The summed E-state index contributed by atoms with van der Waals surface area (Å²) >= 11 is -2.32. The molecule has 0 atom stereocenters. The van der Waals surface area contributed by atoms with E-state index in [0.717, 1.165) is 0 Å². The predicted octanol–water partition coefficient (Wildman–Crippen LogP) is 7.38. The fourth-order valence-corrected chi connectivity index (χ4v) is 20.7. The molecule has 0 radical (unpaired) electrons. The van der Waals surface area contributed by atoms with Gasteiger partial charge in [-0.15, -0.1) is 0 Å². The maximum absolute atomic E-state index is 2.62. The van der Waals surface area contributed by atoms with E-state index in [9.17, 15) is 0 Å². The Balaban J connectivity index is 2.08. The standard InChI is InChI=1S/C12H7.3C4H9.Sn/c1-3-9-4-2-6-11-8-7-10(5-1)12(9)11;3*1-3-4-2;/h1,3-8H;3*1,3-4H2,2H3;. The van der Waals surface area contributed by atoms with Crippen molar-refractivity contribution >= 4 is 44.9 Å². The molecule has 0 heterocycles. The van der Waals surface area contributed by atoms with Gasteiger partial charge in [-0.2, -0.15) is 0 Å². The van der Waals surface area contributed by atoms with Crippen molar-refractivity contribution < 1.29 is 0 Å². The van der Waals surface area contributed by atoms with Crippen LogP contribution in [0, 0.1) is 0 Å². The maximum atomic E-state index is 2.62. The van der Waals surface area contributed by atoms with Crippen molar-refractivity contribution in [3.05, 3.63) is 41.5 Å². The topological polar surface area (TPSA) is 0 Å². The van der Waals surface area contributed by atoms with Crippen molar-refractivity contribution in [2.75, 3.05) is 0 Å². The average molecular weight is 441 g/mol. The van der Waals surface area contributed by atoms with Gasteiger partial charge in [-0.1, -0.05) is 0 Å². The summed E-state index contributed by atoms with van der Waals surface area (Å²) in [5.74, 6) is 0. The van der Waals surface area contributed by atoms with E-state index in [0.29, 0.717) is 0 Å². The van der Waals surface area contributed by atoms with Crippen molar-refractivity contribution in [1.29, 1.82) is 0 Å². The Bertz CT molecular complexity index is 719. The van der Waals surface area contributed by atoms with E-state index in [-0.39, 0.29) is 0 Å². The summed E-state index contributed by atoms with van der Waals surface area (Å²) in [6, 6.07) is 12.1. The minimum absolute atomic E-state index is 1.35. The van der Waals surface area contributed by atoms with E-state index in [1.165, 1.54) is 60.4 Å². The van der Waals surface area contributed by atoms with Gasteiger partial charge in [-0.3, -0.25) is 0 Å². The van der Waals surface area contributed by atoms with E-state index in [1.807, 2.05) is 3.58 Å². The molecular formula is C24H34Sn. The van der Waals surface area contributed by atoms with E-state index in [1.54, 1.807) is 13.3 Å². The van der Waals surface area contributed by atoms with Crippen LogP contribution >= 0.6 is 0 Å². The molecule has 0 bridgehead atoms. The summed E-state index contributed by atoms with van der Waals surface area (Å²) in [6.45, 7) is 7.10. The summed E-state index contributed by atoms with van der Waals surface area (Å²) < 4.78 is 6.48. The van der Waals surface area contributed by atoms with Crippen LogP contribution in [0.1, 0.15) is 70.4 Å². The first kappa shape index (κ1) is 19.0. The van der Waals surface area contributed by atoms with Crippen LogP contribution in [0.25, 0.3) is 22.9 Å². The molecule has 1 heteroatoms. The molecule has 25 heavy (non-hydrogen) atoms. The van der Waals surface area contributed by atoms with Gasteiger partial charge < -0.3 is 0 Å². The zero-order valence-corrected chi connectivity index (χ0v) is 19.3. The Morgan fingerprint density at radius 1 is 0.720 bits per heavy atom. The van der Waals surface area contributed by atoms with Gasteiger partial charge in [0.1, 0.15) is 0 Å².